The molecule has 1 aromatic carbocycles. The minimum atomic E-state index is -1.68. The Balaban J connectivity index is 2.04. The second-order valence-electron chi connectivity index (χ2n) is 4.17. The lowest BCUT2D eigenvalue weighted by atomic mass is 10.1. The molecule has 6 nitrogen and oxygen atoms in total. The van der Waals surface area contributed by atoms with Crippen molar-refractivity contribution in [3.63, 3.8) is 0 Å². The second-order valence-corrected chi connectivity index (χ2v) is 4.94. The molecule has 1 aliphatic rings. The molecule has 0 radical (unpaired) electrons. The Morgan fingerprint density at radius 2 is 2.05 bits per heavy atom. The van der Waals surface area contributed by atoms with E-state index in [4.69, 9.17) is 4.74 Å². The molecule has 7 heteroatoms. The van der Waals surface area contributed by atoms with Gasteiger partial charge in [0.25, 0.3) is 0 Å². The van der Waals surface area contributed by atoms with Gasteiger partial charge in [-0.2, -0.15) is 0 Å². The van der Waals surface area contributed by atoms with Crippen molar-refractivity contribution in [2.75, 3.05) is 11.6 Å². The summed E-state index contributed by atoms with van der Waals surface area (Å²) in [6.07, 6.45) is 4.78. The molecule has 3 rings (SSSR count). The molecule has 1 aromatic heterocycles. The van der Waals surface area contributed by atoms with E-state index in [0.717, 1.165) is 0 Å². The molecule has 0 fully saturated rings. The molecule has 0 saturated carbocycles. The van der Waals surface area contributed by atoms with Gasteiger partial charge in [-0.1, -0.05) is 23.9 Å². The van der Waals surface area contributed by atoms with Crippen molar-refractivity contribution in [3.05, 3.63) is 42.2 Å². The number of benzene rings is 1. The van der Waals surface area contributed by atoms with E-state index in [2.05, 4.69) is 15.3 Å². The molecule has 0 spiro atoms. The van der Waals surface area contributed by atoms with Crippen LogP contribution < -0.4 is 10.1 Å². The number of aliphatic carboxylic acids is 1. The van der Waals surface area contributed by atoms with E-state index >= 15 is 0 Å². The van der Waals surface area contributed by atoms with Gasteiger partial charge in [-0.3, -0.25) is 0 Å². The van der Waals surface area contributed by atoms with E-state index < -0.39 is 11.7 Å². The summed E-state index contributed by atoms with van der Waals surface area (Å²) < 4.78 is 5.62. The highest BCUT2D eigenvalue weighted by atomic mass is 32.2. The van der Waals surface area contributed by atoms with Gasteiger partial charge in [0.15, 0.2) is 5.16 Å². The van der Waals surface area contributed by atoms with E-state index in [1.807, 2.05) is 6.26 Å². The molecule has 1 unspecified atom stereocenters. The molecular weight excluding hydrogens is 278 g/mol. The van der Waals surface area contributed by atoms with E-state index in [0.29, 0.717) is 22.2 Å². The number of nitrogens with one attached hydrogen (secondary N) is 1. The average Bonchev–Trinajstić information content (AvgIpc) is 2.88. The van der Waals surface area contributed by atoms with Crippen LogP contribution in [0, 0.1) is 0 Å². The van der Waals surface area contributed by atoms with Crippen molar-refractivity contribution in [3.8, 4) is 5.75 Å². The van der Waals surface area contributed by atoms with Gasteiger partial charge in [0, 0.05) is 12.4 Å². The Morgan fingerprint density at radius 3 is 2.65 bits per heavy atom. The predicted octanol–water partition coefficient (Wildman–Crippen LogP) is 1.94. The SMILES string of the molecule is CSc1ncc(C2(C(=O)O)Nc3ccccc3O2)cn1. The first-order valence-electron chi connectivity index (χ1n) is 5.82. The Labute approximate surface area is 119 Å². The number of para-hydroxylation sites is 2. The summed E-state index contributed by atoms with van der Waals surface area (Å²) in [6.45, 7) is 0. The normalized spacial score (nSPS) is 19.9. The van der Waals surface area contributed by atoms with Crippen LogP contribution in [-0.4, -0.2) is 27.3 Å². The monoisotopic (exact) mass is 289 g/mol. The van der Waals surface area contributed by atoms with Crippen LogP contribution in [0.5, 0.6) is 5.75 Å². The summed E-state index contributed by atoms with van der Waals surface area (Å²) >= 11 is 1.38. The molecule has 1 atom stereocenters. The molecule has 1 aliphatic heterocycles. The number of carboxylic acids is 1. The van der Waals surface area contributed by atoms with Crippen LogP contribution in [0.2, 0.25) is 0 Å². The molecule has 2 aromatic rings. The minimum Gasteiger partial charge on any atom is -0.477 e. The number of hydrogen-bond donors (Lipinski definition) is 2. The molecule has 2 heterocycles. The van der Waals surface area contributed by atoms with Crippen LogP contribution in [0.25, 0.3) is 0 Å². The lowest BCUT2D eigenvalue weighted by Gasteiger charge is -2.24. The maximum atomic E-state index is 11.7. The molecule has 0 amide bonds. The van der Waals surface area contributed by atoms with E-state index in [1.165, 1.54) is 24.2 Å². The van der Waals surface area contributed by atoms with Crippen molar-refractivity contribution < 1.29 is 14.6 Å². The van der Waals surface area contributed by atoms with Crippen LogP contribution in [0.15, 0.2) is 41.8 Å². The second kappa shape index (κ2) is 4.68. The van der Waals surface area contributed by atoms with E-state index in [9.17, 15) is 9.90 Å². The number of fused-ring (bicyclic) bond motifs is 1. The zero-order valence-corrected chi connectivity index (χ0v) is 11.3. The highest BCUT2D eigenvalue weighted by molar-refractivity contribution is 7.98. The first kappa shape index (κ1) is 12.7. The summed E-state index contributed by atoms with van der Waals surface area (Å²) in [4.78, 5) is 19.9. The fraction of sp³-hybridized carbons (Fsp3) is 0.154. The number of hydrogen-bond acceptors (Lipinski definition) is 6. The van der Waals surface area contributed by atoms with Crippen molar-refractivity contribution >= 4 is 23.4 Å². The molecule has 0 bridgehead atoms. The summed E-state index contributed by atoms with van der Waals surface area (Å²) in [5.74, 6) is -0.655. The zero-order chi connectivity index (χ0) is 14.2. The lowest BCUT2D eigenvalue weighted by Crippen LogP contribution is -2.45. The van der Waals surface area contributed by atoms with Gasteiger partial charge in [0.2, 0.25) is 0 Å². The maximum Gasteiger partial charge on any atom is 0.375 e. The number of rotatable bonds is 3. The van der Waals surface area contributed by atoms with Gasteiger partial charge in [-0.15, -0.1) is 0 Å². The first-order chi connectivity index (χ1) is 9.65. The van der Waals surface area contributed by atoms with Gasteiger partial charge in [-0.05, 0) is 18.4 Å². The van der Waals surface area contributed by atoms with Gasteiger partial charge < -0.3 is 15.2 Å². The largest absolute Gasteiger partial charge is 0.477 e. The zero-order valence-electron chi connectivity index (χ0n) is 10.5. The molecule has 0 saturated heterocycles. The standard InChI is InChI=1S/C13H11N3O3S/c1-20-12-14-6-8(7-15-12)13(11(17)18)16-9-4-2-3-5-10(9)19-13/h2-7,16H,1H3,(H,17,18). The number of carbonyl (C=O) groups is 1. The third-order valence-corrected chi connectivity index (χ3v) is 3.56. The summed E-state index contributed by atoms with van der Waals surface area (Å²) in [5, 5.41) is 13.0. The third-order valence-electron chi connectivity index (χ3n) is 2.98. The summed E-state index contributed by atoms with van der Waals surface area (Å²) in [7, 11) is 0. The molecule has 2 N–H and O–H groups in total. The molecule has 102 valence electrons. The van der Waals surface area contributed by atoms with Crippen LogP contribution in [0.3, 0.4) is 0 Å². The highest BCUT2D eigenvalue weighted by Crippen LogP contribution is 2.41. The smallest absolute Gasteiger partial charge is 0.375 e. The Hall–Kier alpha value is -2.28. The van der Waals surface area contributed by atoms with Crippen LogP contribution >= 0.6 is 11.8 Å². The number of ether oxygens (including phenoxy) is 1. The van der Waals surface area contributed by atoms with E-state index in [-0.39, 0.29) is 0 Å². The highest BCUT2D eigenvalue weighted by Gasteiger charge is 2.48. The topological polar surface area (TPSA) is 84.3 Å². The predicted molar refractivity (Wildman–Crippen MR) is 73.8 cm³/mol. The fourth-order valence-corrected chi connectivity index (χ4v) is 2.31. The number of thioether (sulfide) groups is 1. The Bertz CT molecular complexity index is 635. The lowest BCUT2D eigenvalue weighted by molar-refractivity contribution is -0.152. The fourth-order valence-electron chi connectivity index (χ4n) is 1.99. The van der Waals surface area contributed by atoms with Gasteiger partial charge in [0.05, 0.1) is 11.3 Å². The molecule has 0 aliphatic carbocycles. The summed E-state index contributed by atoms with van der Waals surface area (Å²) in [6, 6.07) is 7.06. The average molecular weight is 289 g/mol. The number of nitrogens with zero attached hydrogens (tertiary/aromatic N) is 2. The van der Waals surface area contributed by atoms with Gasteiger partial charge >= 0.3 is 11.7 Å². The number of aromatic nitrogens is 2. The van der Waals surface area contributed by atoms with Crippen LogP contribution in [-0.2, 0) is 10.5 Å². The first-order valence-corrected chi connectivity index (χ1v) is 7.04. The molecule has 20 heavy (non-hydrogen) atoms. The van der Waals surface area contributed by atoms with Gasteiger partial charge in [0.1, 0.15) is 5.75 Å². The quantitative estimate of drug-likeness (QED) is 0.659. The summed E-state index contributed by atoms with van der Waals surface area (Å²) in [5.41, 5.74) is -0.705. The van der Waals surface area contributed by atoms with Crippen molar-refractivity contribution in [1.29, 1.82) is 0 Å². The molecular formula is C13H11N3O3S. The Kier molecular flexibility index (Phi) is 2.98. The van der Waals surface area contributed by atoms with Crippen LogP contribution in [0.4, 0.5) is 5.69 Å². The third kappa shape index (κ3) is 1.87. The van der Waals surface area contributed by atoms with Crippen LogP contribution in [0.1, 0.15) is 5.56 Å². The van der Waals surface area contributed by atoms with Crippen molar-refractivity contribution in [1.82, 2.24) is 9.97 Å². The van der Waals surface area contributed by atoms with Gasteiger partial charge in [-0.25, -0.2) is 14.8 Å². The number of carboxylic acid groups (broad SMARTS) is 1. The maximum absolute atomic E-state index is 11.7. The van der Waals surface area contributed by atoms with Crippen molar-refractivity contribution in [2.24, 2.45) is 0 Å². The Morgan fingerprint density at radius 1 is 1.35 bits per heavy atom. The van der Waals surface area contributed by atoms with E-state index in [1.54, 1.807) is 24.3 Å². The number of anilines is 1. The minimum absolute atomic E-state index is 0.346. The van der Waals surface area contributed by atoms with Crippen molar-refractivity contribution in [2.45, 2.75) is 10.9 Å².